The highest BCUT2D eigenvalue weighted by Gasteiger charge is 2.17. The van der Waals surface area contributed by atoms with Crippen molar-refractivity contribution in [2.75, 3.05) is 5.32 Å². The number of hydrogen-bond acceptors (Lipinski definition) is 5. The molecule has 0 fully saturated rings. The molecule has 0 aliphatic carbocycles. The van der Waals surface area contributed by atoms with Crippen LogP contribution in [0.2, 0.25) is 0 Å². The molecule has 3 aromatic heterocycles. The van der Waals surface area contributed by atoms with Gasteiger partial charge in [-0.05, 0) is 29.7 Å². The van der Waals surface area contributed by atoms with Gasteiger partial charge >= 0.3 is 5.97 Å². The topological polar surface area (TPSA) is 92.4 Å². The van der Waals surface area contributed by atoms with Crippen molar-refractivity contribution in [1.82, 2.24) is 19.4 Å². The number of fused-ring (bicyclic) bond motifs is 3. The van der Waals surface area contributed by atoms with Gasteiger partial charge < -0.3 is 10.4 Å². The van der Waals surface area contributed by atoms with Gasteiger partial charge in [0, 0.05) is 17.3 Å². The van der Waals surface area contributed by atoms with E-state index >= 15 is 0 Å². The molecule has 26 heavy (non-hydrogen) atoms. The number of hydrogen-bond donors (Lipinski definition) is 2. The van der Waals surface area contributed by atoms with Crippen LogP contribution in [0.15, 0.2) is 49.1 Å². The number of aromatic nitrogens is 4. The Bertz CT molecular complexity index is 1130. The molecule has 7 nitrogen and oxygen atoms in total. The summed E-state index contributed by atoms with van der Waals surface area (Å²) in [5, 5.41) is 13.5. The summed E-state index contributed by atoms with van der Waals surface area (Å²) in [4.78, 5) is 24.1. The lowest BCUT2D eigenvalue weighted by Crippen LogP contribution is -2.03. The molecule has 2 N–H and O–H groups in total. The molecule has 0 saturated carbocycles. The van der Waals surface area contributed by atoms with Gasteiger partial charge in [-0.3, -0.25) is 9.38 Å². The third-order valence-corrected chi connectivity index (χ3v) is 4.29. The van der Waals surface area contributed by atoms with Gasteiger partial charge in [0.2, 0.25) is 0 Å². The summed E-state index contributed by atoms with van der Waals surface area (Å²) >= 11 is 0. The number of carbonyl (C=O) groups is 1. The number of anilines is 2. The molecular formula is C19H17N5O2. The first-order valence-corrected chi connectivity index (χ1v) is 8.25. The van der Waals surface area contributed by atoms with Gasteiger partial charge in [0.15, 0.2) is 11.3 Å². The Kier molecular flexibility index (Phi) is 3.76. The number of pyridine rings is 1. The number of nitrogens with one attached hydrogen (secondary N) is 1. The Balaban J connectivity index is 1.91. The molecule has 0 spiro atoms. The monoisotopic (exact) mass is 347 g/mol. The third-order valence-electron chi connectivity index (χ3n) is 4.29. The Morgan fingerprint density at radius 1 is 1.27 bits per heavy atom. The van der Waals surface area contributed by atoms with E-state index in [1.165, 1.54) is 11.9 Å². The maximum Gasteiger partial charge on any atom is 0.358 e. The van der Waals surface area contributed by atoms with Crippen LogP contribution in [0.5, 0.6) is 0 Å². The summed E-state index contributed by atoms with van der Waals surface area (Å²) in [6.45, 7) is 4.27. The molecule has 0 aliphatic heterocycles. The van der Waals surface area contributed by atoms with Gasteiger partial charge in [-0.25, -0.2) is 14.8 Å². The minimum absolute atomic E-state index is 0.0882. The molecule has 7 heteroatoms. The zero-order chi connectivity index (χ0) is 18.3. The Labute approximate surface area is 149 Å². The highest BCUT2D eigenvalue weighted by molar-refractivity contribution is 5.97. The average Bonchev–Trinajstić information content (AvgIpc) is 3.06. The second kappa shape index (κ2) is 6.11. The molecule has 0 aliphatic rings. The fourth-order valence-electron chi connectivity index (χ4n) is 2.93. The highest BCUT2D eigenvalue weighted by atomic mass is 16.4. The zero-order valence-electron chi connectivity index (χ0n) is 14.3. The van der Waals surface area contributed by atoms with Gasteiger partial charge in [0.05, 0.1) is 11.7 Å². The fourth-order valence-corrected chi connectivity index (χ4v) is 2.93. The number of benzene rings is 1. The average molecular weight is 347 g/mol. The van der Waals surface area contributed by atoms with Gasteiger partial charge in [-0.15, -0.1) is 0 Å². The molecule has 4 aromatic rings. The Morgan fingerprint density at radius 2 is 2.12 bits per heavy atom. The molecule has 0 unspecified atom stereocenters. The molecule has 0 saturated heterocycles. The lowest BCUT2D eigenvalue weighted by Gasteiger charge is -2.12. The van der Waals surface area contributed by atoms with Gasteiger partial charge in [-0.1, -0.05) is 26.0 Å². The van der Waals surface area contributed by atoms with E-state index in [4.69, 9.17) is 0 Å². The van der Waals surface area contributed by atoms with E-state index in [-0.39, 0.29) is 11.3 Å². The first-order chi connectivity index (χ1) is 12.5. The van der Waals surface area contributed by atoms with Gasteiger partial charge in [0.25, 0.3) is 0 Å². The van der Waals surface area contributed by atoms with Crippen molar-refractivity contribution in [2.45, 2.75) is 19.8 Å². The Morgan fingerprint density at radius 3 is 2.88 bits per heavy atom. The van der Waals surface area contributed by atoms with Crippen molar-refractivity contribution in [1.29, 1.82) is 0 Å². The summed E-state index contributed by atoms with van der Waals surface area (Å²) in [5.41, 5.74) is 3.02. The minimum atomic E-state index is -1.11. The number of carboxylic acid groups (broad SMARTS) is 1. The van der Waals surface area contributed by atoms with Crippen molar-refractivity contribution in [3.63, 3.8) is 0 Å². The molecular weight excluding hydrogens is 330 g/mol. The van der Waals surface area contributed by atoms with E-state index in [0.29, 0.717) is 11.7 Å². The lowest BCUT2D eigenvalue weighted by atomic mass is 10.0. The minimum Gasteiger partial charge on any atom is -0.476 e. The second-order valence-corrected chi connectivity index (χ2v) is 6.35. The summed E-state index contributed by atoms with van der Waals surface area (Å²) in [6.07, 6.45) is 4.81. The van der Waals surface area contributed by atoms with Crippen molar-refractivity contribution in [2.24, 2.45) is 0 Å². The quantitative estimate of drug-likeness (QED) is 0.583. The first-order valence-electron chi connectivity index (χ1n) is 8.25. The maximum absolute atomic E-state index is 11.4. The molecule has 0 bridgehead atoms. The number of rotatable bonds is 4. The molecule has 1 aromatic carbocycles. The van der Waals surface area contributed by atoms with Crippen LogP contribution in [0, 0.1) is 0 Å². The van der Waals surface area contributed by atoms with Crippen molar-refractivity contribution >= 4 is 34.0 Å². The number of nitrogens with zero attached hydrogens (tertiary/aromatic N) is 4. The first kappa shape index (κ1) is 16.0. The standard InChI is InChI=1S/C19H17N5O2/c1-11(2)12-4-3-5-13(8-12)22-17-14-6-7-20-9-15(14)24-10-21-16(19(25)26)18(24)23-17/h3-11H,1-2H3,(H,22,23)(H,25,26). The van der Waals surface area contributed by atoms with E-state index < -0.39 is 5.97 Å². The van der Waals surface area contributed by atoms with Crippen molar-refractivity contribution in [3.05, 3.63) is 60.3 Å². The normalized spacial score (nSPS) is 11.3. The molecule has 3 heterocycles. The summed E-state index contributed by atoms with van der Waals surface area (Å²) in [7, 11) is 0. The summed E-state index contributed by atoms with van der Waals surface area (Å²) in [5.74, 6) is -0.142. The summed E-state index contributed by atoms with van der Waals surface area (Å²) < 4.78 is 1.64. The van der Waals surface area contributed by atoms with Crippen LogP contribution in [0.1, 0.15) is 35.8 Å². The predicted molar refractivity (Wildman–Crippen MR) is 99.1 cm³/mol. The number of imidazole rings is 1. The van der Waals surface area contributed by atoms with Crippen LogP contribution in [-0.4, -0.2) is 30.4 Å². The van der Waals surface area contributed by atoms with Gasteiger partial charge in [0.1, 0.15) is 12.1 Å². The van der Waals surface area contributed by atoms with Crippen LogP contribution in [0.25, 0.3) is 16.6 Å². The molecule has 0 radical (unpaired) electrons. The fraction of sp³-hybridized carbons (Fsp3) is 0.158. The second-order valence-electron chi connectivity index (χ2n) is 6.35. The molecule has 0 atom stereocenters. The van der Waals surface area contributed by atoms with Crippen LogP contribution in [-0.2, 0) is 0 Å². The Hall–Kier alpha value is -3.48. The summed E-state index contributed by atoms with van der Waals surface area (Å²) in [6, 6.07) is 9.93. The van der Waals surface area contributed by atoms with Crippen LogP contribution >= 0.6 is 0 Å². The van der Waals surface area contributed by atoms with Crippen LogP contribution in [0.4, 0.5) is 11.5 Å². The largest absolute Gasteiger partial charge is 0.476 e. The maximum atomic E-state index is 11.4. The van der Waals surface area contributed by atoms with Crippen molar-refractivity contribution in [3.8, 4) is 0 Å². The SMILES string of the molecule is CC(C)c1cccc(Nc2nc3c(C(=O)O)ncn3c3cnccc23)c1. The van der Waals surface area contributed by atoms with E-state index in [1.54, 1.807) is 16.8 Å². The van der Waals surface area contributed by atoms with E-state index in [0.717, 1.165) is 16.6 Å². The van der Waals surface area contributed by atoms with E-state index in [9.17, 15) is 9.90 Å². The third kappa shape index (κ3) is 2.63. The van der Waals surface area contributed by atoms with Gasteiger partial charge in [-0.2, -0.15) is 0 Å². The van der Waals surface area contributed by atoms with Crippen LogP contribution in [0.3, 0.4) is 0 Å². The number of carboxylic acids is 1. The zero-order valence-corrected chi connectivity index (χ0v) is 14.3. The lowest BCUT2D eigenvalue weighted by molar-refractivity contribution is 0.0693. The van der Waals surface area contributed by atoms with E-state index in [1.807, 2.05) is 18.2 Å². The number of aromatic carboxylic acids is 1. The predicted octanol–water partition coefficient (Wildman–Crippen LogP) is 3.84. The van der Waals surface area contributed by atoms with Crippen molar-refractivity contribution < 1.29 is 9.90 Å². The van der Waals surface area contributed by atoms with E-state index in [2.05, 4.69) is 46.2 Å². The highest BCUT2D eigenvalue weighted by Crippen LogP contribution is 2.27. The smallest absolute Gasteiger partial charge is 0.358 e. The molecule has 4 rings (SSSR count). The molecule has 0 amide bonds. The van der Waals surface area contributed by atoms with Crippen LogP contribution < -0.4 is 5.32 Å². The molecule has 130 valence electrons.